The standard InChI is InChI=1S/C6H18N4.C6H6O2.C2H6OS/c7-1-3-9-5-6-10-4-2-8;7-5-3-1-2-4-6(5)8;1-4(2)3/h9-10H,1-8H2;1-4,7-8H;1-2H3. The van der Waals surface area contributed by atoms with Crippen molar-refractivity contribution in [1.29, 1.82) is 0 Å². The predicted octanol–water partition coefficient (Wildman–Crippen LogP) is -0.824. The van der Waals surface area contributed by atoms with Crippen LogP contribution in [0.4, 0.5) is 0 Å². The number of hydrogen-bond acceptors (Lipinski definition) is 7. The van der Waals surface area contributed by atoms with Gasteiger partial charge in [0.1, 0.15) is 0 Å². The maximum absolute atomic E-state index is 9.56. The fourth-order valence-electron chi connectivity index (χ4n) is 1.10. The second-order valence-corrected chi connectivity index (χ2v) is 5.79. The van der Waals surface area contributed by atoms with E-state index in [1.165, 1.54) is 12.1 Å². The fourth-order valence-corrected chi connectivity index (χ4v) is 1.10. The highest BCUT2D eigenvalue weighted by Crippen LogP contribution is 2.21. The Bertz CT molecular complexity index is 348. The van der Waals surface area contributed by atoms with Crippen LogP contribution in [0.15, 0.2) is 24.3 Å². The number of phenols is 2. The summed E-state index contributed by atoms with van der Waals surface area (Å²) in [5, 5.41) is 23.7. The van der Waals surface area contributed by atoms with E-state index in [9.17, 15) is 4.21 Å². The summed E-state index contributed by atoms with van der Waals surface area (Å²) in [4.78, 5) is 0. The number of nitrogens with two attached hydrogens (primary N) is 2. The van der Waals surface area contributed by atoms with E-state index in [-0.39, 0.29) is 11.5 Å². The molecule has 0 bridgehead atoms. The van der Waals surface area contributed by atoms with Gasteiger partial charge in [0.2, 0.25) is 0 Å². The Hall–Kier alpha value is -1.19. The zero-order valence-electron chi connectivity index (χ0n) is 13.4. The van der Waals surface area contributed by atoms with Crippen LogP contribution in [-0.4, -0.2) is 66.2 Å². The van der Waals surface area contributed by atoms with E-state index in [2.05, 4.69) is 10.6 Å². The molecule has 1 rings (SSSR count). The second-order valence-electron chi connectivity index (χ2n) is 4.31. The predicted molar refractivity (Wildman–Crippen MR) is 93.6 cm³/mol. The van der Waals surface area contributed by atoms with Gasteiger partial charge >= 0.3 is 0 Å². The summed E-state index contributed by atoms with van der Waals surface area (Å²) in [6.45, 7) is 5.14. The minimum absolute atomic E-state index is 0.0764. The first-order valence-corrected chi connectivity index (χ1v) is 8.95. The van der Waals surface area contributed by atoms with Crippen molar-refractivity contribution < 1.29 is 14.4 Å². The Morgan fingerprint density at radius 1 is 0.909 bits per heavy atom. The monoisotopic (exact) mass is 334 g/mol. The summed E-state index contributed by atoms with van der Waals surface area (Å²) in [6.07, 6.45) is 3.28. The third kappa shape index (κ3) is 21.1. The maximum Gasteiger partial charge on any atom is 0.157 e. The van der Waals surface area contributed by atoms with Crippen molar-refractivity contribution in [2.75, 3.05) is 51.8 Å². The molecule has 8 N–H and O–H groups in total. The Morgan fingerprint density at radius 2 is 1.23 bits per heavy atom. The van der Waals surface area contributed by atoms with E-state index in [0.717, 1.165) is 26.2 Å². The van der Waals surface area contributed by atoms with E-state index < -0.39 is 10.8 Å². The lowest BCUT2D eigenvalue weighted by atomic mass is 10.3. The van der Waals surface area contributed by atoms with E-state index in [1.54, 1.807) is 24.6 Å². The number of aromatic hydroxyl groups is 2. The molecule has 0 aliphatic carbocycles. The molecule has 0 aliphatic rings. The van der Waals surface area contributed by atoms with Crippen LogP contribution in [0, 0.1) is 0 Å². The smallest absolute Gasteiger partial charge is 0.157 e. The molecule has 8 heteroatoms. The largest absolute Gasteiger partial charge is 0.504 e. The third-order valence-electron chi connectivity index (χ3n) is 2.00. The lowest BCUT2D eigenvalue weighted by Gasteiger charge is -2.03. The SMILES string of the molecule is CS(C)=O.NCCNCCNCCN.Oc1ccccc1O. The quantitative estimate of drug-likeness (QED) is 0.283. The molecule has 0 heterocycles. The molecule has 0 aromatic heterocycles. The van der Waals surface area contributed by atoms with E-state index in [1.807, 2.05) is 0 Å². The van der Waals surface area contributed by atoms with Gasteiger partial charge in [-0.05, 0) is 12.1 Å². The number of rotatable bonds is 7. The summed E-state index contributed by atoms with van der Waals surface area (Å²) in [6, 6.07) is 6.15. The van der Waals surface area contributed by atoms with Crippen LogP contribution >= 0.6 is 0 Å². The van der Waals surface area contributed by atoms with E-state index >= 15 is 0 Å². The first kappa shape index (κ1) is 23.1. The van der Waals surface area contributed by atoms with Crippen molar-refractivity contribution in [3.63, 3.8) is 0 Å². The van der Waals surface area contributed by atoms with Gasteiger partial charge in [-0.15, -0.1) is 0 Å². The minimum atomic E-state index is -0.611. The van der Waals surface area contributed by atoms with Crippen LogP contribution in [0.5, 0.6) is 11.5 Å². The molecule has 0 amide bonds. The Morgan fingerprint density at radius 3 is 1.45 bits per heavy atom. The molecule has 0 saturated heterocycles. The Balaban J connectivity index is 0. The topological polar surface area (TPSA) is 134 Å². The van der Waals surface area contributed by atoms with Crippen LogP contribution in [0.1, 0.15) is 0 Å². The summed E-state index contributed by atoms with van der Waals surface area (Å²) in [7, 11) is -0.611. The number of benzene rings is 1. The van der Waals surface area contributed by atoms with Crippen LogP contribution in [0.3, 0.4) is 0 Å². The number of para-hydroxylation sites is 2. The summed E-state index contributed by atoms with van der Waals surface area (Å²) >= 11 is 0. The molecule has 0 atom stereocenters. The van der Waals surface area contributed by atoms with Crippen molar-refractivity contribution in [3.05, 3.63) is 24.3 Å². The van der Waals surface area contributed by atoms with Crippen molar-refractivity contribution in [2.45, 2.75) is 0 Å². The number of nitrogens with one attached hydrogen (secondary N) is 2. The molecule has 0 aliphatic heterocycles. The molecule has 0 radical (unpaired) electrons. The number of hydrogen-bond donors (Lipinski definition) is 6. The molecule has 1 aromatic rings. The van der Waals surface area contributed by atoms with Gasteiger partial charge < -0.3 is 32.3 Å². The van der Waals surface area contributed by atoms with Crippen LogP contribution in [0.25, 0.3) is 0 Å². The molecule has 130 valence electrons. The van der Waals surface area contributed by atoms with Gasteiger partial charge in [-0.25, -0.2) is 0 Å². The van der Waals surface area contributed by atoms with Crippen molar-refractivity contribution >= 4 is 10.8 Å². The highest BCUT2D eigenvalue weighted by atomic mass is 32.2. The average Bonchev–Trinajstić information content (AvgIpc) is 2.46. The number of phenolic OH excluding ortho intramolecular Hbond substituents is 2. The normalized spacial score (nSPS) is 9.50. The van der Waals surface area contributed by atoms with Crippen LogP contribution in [-0.2, 0) is 10.8 Å². The highest BCUT2D eigenvalue weighted by Gasteiger charge is 1.90. The molecule has 0 fully saturated rings. The molecule has 0 unspecified atom stereocenters. The molecule has 0 saturated carbocycles. The van der Waals surface area contributed by atoms with Gasteiger partial charge in [-0.3, -0.25) is 4.21 Å². The fraction of sp³-hybridized carbons (Fsp3) is 0.571. The first-order chi connectivity index (χ1) is 10.5. The van der Waals surface area contributed by atoms with Crippen molar-refractivity contribution in [1.82, 2.24) is 10.6 Å². The first-order valence-electron chi connectivity index (χ1n) is 6.99. The highest BCUT2D eigenvalue weighted by molar-refractivity contribution is 7.83. The summed E-state index contributed by atoms with van der Waals surface area (Å²) < 4.78 is 9.56. The van der Waals surface area contributed by atoms with Gasteiger partial charge in [0, 0.05) is 62.6 Å². The molecular formula is C14H30N4O3S. The van der Waals surface area contributed by atoms with Gasteiger partial charge in [-0.1, -0.05) is 12.1 Å². The average molecular weight is 334 g/mol. The minimum Gasteiger partial charge on any atom is -0.504 e. The molecule has 22 heavy (non-hydrogen) atoms. The Kier molecular flexibility index (Phi) is 18.7. The van der Waals surface area contributed by atoms with E-state index in [4.69, 9.17) is 21.7 Å². The van der Waals surface area contributed by atoms with Gasteiger partial charge in [-0.2, -0.15) is 0 Å². The van der Waals surface area contributed by atoms with Crippen molar-refractivity contribution in [2.24, 2.45) is 11.5 Å². The lowest BCUT2D eigenvalue weighted by Crippen LogP contribution is -2.32. The summed E-state index contributed by atoms with van der Waals surface area (Å²) in [5.41, 5.74) is 10.5. The van der Waals surface area contributed by atoms with Crippen LogP contribution in [0.2, 0.25) is 0 Å². The van der Waals surface area contributed by atoms with Crippen molar-refractivity contribution in [3.8, 4) is 11.5 Å². The van der Waals surface area contributed by atoms with E-state index in [0.29, 0.717) is 13.1 Å². The molecule has 7 nitrogen and oxygen atoms in total. The van der Waals surface area contributed by atoms with Crippen LogP contribution < -0.4 is 22.1 Å². The zero-order valence-corrected chi connectivity index (χ0v) is 14.2. The van der Waals surface area contributed by atoms with Gasteiger partial charge in [0.05, 0.1) is 0 Å². The van der Waals surface area contributed by atoms with Gasteiger partial charge in [0.15, 0.2) is 11.5 Å². The lowest BCUT2D eigenvalue weighted by molar-refractivity contribution is 0.404. The zero-order chi connectivity index (χ0) is 17.2. The third-order valence-corrected chi connectivity index (χ3v) is 2.00. The maximum atomic E-state index is 9.56. The Labute approximate surface area is 135 Å². The molecule has 0 spiro atoms. The second kappa shape index (κ2) is 17.9. The van der Waals surface area contributed by atoms with Gasteiger partial charge in [0.25, 0.3) is 0 Å². The molecular weight excluding hydrogens is 304 g/mol. The summed E-state index contributed by atoms with van der Waals surface area (Å²) in [5.74, 6) is -0.153. The molecule has 1 aromatic carbocycles.